The van der Waals surface area contributed by atoms with Crippen LogP contribution in [-0.2, 0) is 9.53 Å². The van der Waals surface area contributed by atoms with Gasteiger partial charge in [-0.3, -0.25) is 0 Å². The predicted molar refractivity (Wildman–Crippen MR) is 38.1 cm³/mol. The van der Waals surface area contributed by atoms with Gasteiger partial charge in [0.25, 0.3) is 0 Å². The van der Waals surface area contributed by atoms with Crippen molar-refractivity contribution >= 4 is 5.97 Å². The van der Waals surface area contributed by atoms with E-state index in [-0.39, 0.29) is 5.97 Å². The van der Waals surface area contributed by atoms with Crippen LogP contribution in [0.25, 0.3) is 0 Å². The Hall–Kier alpha value is -1.30. The van der Waals surface area contributed by atoms with Gasteiger partial charge in [-0.1, -0.05) is 6.58 Å². The number of hydrogen-bond donors (Lipinski definition) is 0. The van der Waals surface area contributed by atoms with Gasteiger partial charge in [0, 0.05) is 12.1 Å². The summed E-state index contributed by atoms with van der Waals surface area (Å²) in [5, 5.41) is 6.50. The molecule has 0 unspecified atom stereocenters. The van der Waals surface area contributed by atoms with Crippen LogP contribution in [0.2, 0.25) is 0 Å². The lowest BCUT2D eigenvalue weighted by Gasteiger charge is -1.96. The molecular formula is C7H11NO2. The van der Waals surface area contributed by atoms with Gasteiger partial charge in [-0.25, -0.2) is 10.1 Å². The average Bonchev–Trinajstić information content (AvgIpc) is 1.93. The van der Waals surface area contributed by atoms with Crippen molar-refractivity contribution in [1.29, 1.82) is 5.26 Å². The van der Waals surface area contributed by atoms with Crippen LogP contribution in [0.5, 0.6) is 0 Å². The number of rotatable bonds is 2. The van der Waals surface area contributed by atoms with E-state index in [9.17, 15) is 4.79 Å². The number of ether oxygens (including phenoxy) is 1. The molecule has 0 amide bonds. The van der Waals surface area contributed by atoms with E-state index in [4.69, 9.17) is 5.26 Å². The summed E-state index contributed by atoms with van der Waals surface area (Å²) >= 11 is 0. The topological polar surface area (TPSA) is 50.1 Å². The first-order valence-electron chi connectivity index (χ1n) is 2.77. The third kappa shape index (κ3) is 6.70. The second kappa shape index (κ2) is 7.70. The molecule has 0 rings (SSSR count). The Morgan fingerprint density at radius 3 is 2.20 bits per heavy atom. The van der Waals surface area contributed by atoms with E-state index in [1.165, 1.54) is 0 Å². The molecule has 0 aromatic carbocycles. The van der Waals surface area contributed by atoms with Crippen LogP contribution in [0, 0.1) is 11.8 Å². The lowest BCUT2D eigenvalue weighted by molar-refractivity contribution is -0.138. The van der Waals surface area contributed by atoms with Crippen molar-refractivity contribution in [3.05, 3.63) is 12.2 Å². The number of carbonyl (C=O) groups is 1. The summed E-state index contributed by atoms with van der Waals surface area (Å²) in [6.07, 6.45) is 0. The first kappa shape index (κ1) is 11.5. The molecule has 0 bridgehead atoms. The van der Waals surface area contributed by atoms with Crippen molar-refractivity contribution in [2.24, 2.45) is 0 Å². The average molecular weight is 141 g/mol. The predicted octanol–water partition coefficient (Wildman–Crippen LogP) is 1.27. The van der Waals surface area contributed by atoms with E-state index in [2.05, 4.69) is 17.9 Å². The standard InChI is InChI=1S/C6H10O2.CHN/c1-4-8-6(7)5(2)3;1-2/h2,4H2,1,3H3;1H. The van der Waals surface area contributed by atoms with E-state index in [1.807, 2.05) is 0 Å². The van der Waals surface area contributed by atoms with Gasteiger partial charge >= 0.3 is 5.97 Å². The molecule has 0 saturated carbocycles. The third-order valence-electron chi connectivity index (χ3n) is 0.624. The van der Waals surface area contributed by atoms with Crippen molar-refractivity contribution in [3.8, 4) is 6.57 Å². The largest absolute Gasteiger partial charge is 0.463 e. The van der Waals surface area contributed by atoms with E-state index in [0.29, 0.717) is 12.2 Å². The summed E-state index contributed by atoms with van der Waals surface area (Å²) in [5.74, 6) is -0.312. The second-order valence-corrected chi connectivity index (χ2v) is 1.50. The number of carbonyl (C=O) groups excluding carboxylic acids is 1. The molecular weight excluding hydrogens is 130 g/mol. The monoisotopic (exact) mass is 141 g/mol. The minimum atomic E-state index is -0.312. The minimum Gasteiger partial charge on any atom is -0.463 e. The lowest BCUT2D eigenvalue weighted by Crippen LogP contribution is -2.03. The molecule has 0 aliphatic heterocycles. The Kier molecular flexibility index (Phi) is 8.85. The number of nitrogens with zero attached hydrogens (tertiary/aromatic N) is 1. The molecule has 0 radical (unpaired) electrons. The Morgan fingerprint density at radius 2 is 2.10 bits per heavy atom. The van der Waals surface area contributed by atoms with Crippen molar-refractivity contribution < 1.29 is 9.53 Å². The number of esters is 1. The highest BCUT2D eigenvalue weighted by Crippen LogP contribution is 1.89. The SMILES string of the molecule is C#N.C=C(C)C(=O)OCC. The molecule has 3 heteroatoms. The van der Waals surface area contributed by atoms with Crippen molar-refractivity contribution in [2.45, 2.75) is 13.8 Å². The van der Waals surface area contributed by atoms with Crippen LogP contribution in [0.1, 0.15) is 13.8 Å². The maximum absolute atomic E-state index is 10.4. The zero-order chi connectivity index (χ0) is 8.57. The van der Waals surface area contributed by atoms with E-state index >= 15 is 0 Å². The smallest absolute Gasteiger partial charge is 0.333 e. The Balaban J connectivity index is 0. The van der Waals surface area contributed by atoms with Crippen LogP contribution in [0.4, 0.5) is 0 Å². The first-order chi connectivity index (χ1) is 4.68. The first-order valence-corrected chi connectivity index (χ1v) is 2.77. The molecule has 0 aliphatic rings. The third-order valence-corrected chi connectivity index (χ3v) is 0.624. The summed E-state index contributed by atoms with van der Waals surface area (Å²) < 4.78 is 4.56. The van der Waals surface area contributed by atoms with E-state index in [1.54, 1.807) is 13.8 Å². The highest BCUT2D eigenvalue weighted by Gasteiger charge is 1.98. The van der Waals surface area contributed by atoms with Crippen LogP contribution >= 0.6 is 0 Å². The van der Waals surface area contributed by atoms with E-state index < -0.39 is 0 Å². The summed E-state index contributed by atoms with van der Waals surface area (Å²) in [6.45, 7) is 10.7. The summed E-state index contributed by atoms with van der Waals surface area (Å²) in [7, 11) is 0. The van der Waals surface area contributed by atoms with Gasteiger partial charge in [-0.2, -0.15) is 0 Å². The molecule has 0 saturated heterocycles. The number of hydrogen-bond acceptors (Lipinski definition) is 3. The maximum Gasteiger partial charge on any atom is 0.333 e. The van der Waals surface area contributed by atoms with Crippen LogP contribution in [0.3, 0.4) is 0 Å². The summed E-state index contributed by atoms with van der Waals surface area (Å²) in [4.78, 5) is 10.4. The highest BCUT2D eigenvalue weighted by atomic mass is 16.5. The molecule has 0 fully saturated rings. The minimum absolute atomic E-state index is 0.312. The molecule has 0 aliphatic carbocycles. The zero-order valence-electron chi connectivity index (χ0n) is 6.26. The molecule has 0 atom stereocenters. The molecule has 0 aromatic heterocycles. The fourth-order valence-electron chi connectivity index (χ4n) is 0.254. The van der Waals surface area contributed by atoms with Crippen molar-refractivity contribution in [2.75, 3.05) is 6.61 Å². The van der Waals surface area contributed by atoms with Gasteiger partial charge in [0.1, 0.15) is 0 Å². The molecule has 56 valence electrons. The second-order valence-electron chi connectivity index (χ2n) is 1.50. The van der Waals surface area contributed by atoms with Gasteiger partial charge < -0.3 is 4.74 Å². The fraction of sp³-hybridized carbons (Fsp3) is 0.429. The van der Waals surface area contributed by atoms with Crippen LogP contribution in [0.15, 0.2) is 12.2 Å². The molecule has 0 aromatic rings. The Bertz CT molecular complexity index is 138. The van der Waals surface area contributed by atoms with E-state index in [0.717, 1.165) is 0 Å². The van der Waals surface area contributed by atoms with Gasteiger partial charge in [-0.05, 0) is 13.8 Å². The molecule has 3 nitrogen and oxygen atoms in total. The lowest BCUT2D eigenvalue weighted by atomic mass is 10.4. The van der Waals surface area contributed by atoms with Crippen molar-refractivity contribution in [3.63, 3.8) is 0 Å². The Labute approximate surface area is 60.9 Å². The van der Waals surface area contributed by atoms with Gasteiger partial charge in [0.2, 0.25) is 0 Å². The fourth-order valence-corrected chi connectivity index (χ4v) is 0.254. The highest BCUT2D eigenvalue weighted by molar-refractivity contribution is 5.86. The molecule has 0 heterocycles. The normalized spacial score (nSPS) is 6.80. The van der Waals surface area contributed by atoms with Gasteiger partial charge in [0.15, 0.2) is 0 Å². The zero-order valence-corrected chi connectivity index (χ0v) is 6.26. The Morgan fingerprint density at radius 1 is 1.70 bits per heavy atom. The van der Waals surface area contributed by atoms with Gasteiger partial charge in [0.05, 0.1) is 6.61 Å². The molecule has 0 N–H and O–H groups in total. The van der Waals surface area contributed by atoms with Crippen molar-refractivity contribution in [1.82, 2.24) is 0 Å². The quantitative estimate of drug-likeness (QED) is 0.429. The molecule has 10 heavy (non-hydrogen) atoms. The summed E-state index contributed by atoms with van der Waals surface area (Å²) in [6, 6.07) is 0. The summed E-state index contributed by atoms with van der Waals surface area (Å²) in [5.41, 5.74) is 0.451. The van der Waals surface area contributed by atoms with Crippen LogP contribution < -0.4 is 0 Å². The number of nitriles is 1. The molecule has 0 spiro atoms. The maximum atomic E-state index is 10.4. The van der Waals surface area contributed by atoms with Crippen LogP contribution in [-0.4, -0.2) is 12.6 Å². The van der Waals surface area contributed by atoms with Gasteiger partial charge in [-0.15, -0.1) is 0 Å².